The van der Waals surface area contributed by atoms with Crippen molar-refractivity contribution in [3.8, 4) is 5.75 Å². The van der Waals surface area contributed by atoms with Crippen LogP contribution in [-0.2, 0) is 16.1 Å². The molecule has 1 heterocycles. The number of carbonyl (C=O) groups excluding carboxylic acids is 2. The maximum Gasteiger partial charge on any atom is 0.259 e. The number of carbonyl (C=O) groups is 2. The number of anilines is 1. The van der Waals surface area contributed by atoms with Crippen LogP contribution in [0.2, 0.25) is 0 Å². The number of aromatic nitrogens is 2. The Labute approximate surface area is 134 Å². The molecule has 0 atom stereocenters. The van der Waals surface area contributed by atoms with Gasteiger partial charge in [0.15, 0.2) is 6.61 Å². The van der Waals surface area contributed by atoms with Crippen molar-refractivity contribution in [3.05, 3.63) is 42.7 Å². The van der Waals surface area contributed by atoms with Crippen LogP contribution in [0.15, 0.2) is 42.7 Å². The fraction of sp³-hybridized carbons (Fsp3) is 0.312. The summed E-state index contributed by atoms with van der Waals surface area (Å²) in [5.74, 6) is 0.382. The number of nitrogens with one attached hydrogen (secondary N) is 1. The van der Waals surface area contributed by atoms with Gasteiger partial charge in [-0.3, -0.25) is 14.3 Å². The molecule has 23 heavy (non-hydrogen) atoms. The summed E-state index contributed by atoms with van der Waals surface area (Å²) in [6.45, 7) is 0.523. The highest BCUT2D eigenvalue weighted by atomic mass is 16.5. The quantitative estimate of drug-likeness (QED) is 0.837. The summed E-state index contributed by atoms with van der Waals surface area (Å²) in [5.41, 5.74) is 0.682. The van der Waals surface area contributed by atoms with Gasteiger partial charge in [0.1, 0.15) is 5.75 Å². The molecule has 122 valence electrons. The summed E-state index contributed by atoms with van der Waals surface area (Å²) in [5, 5.41) is 6.85. The average Bonchev–Trinajstić information content (AvgIpc) is 3.05. The lowest BCUT2D eigenvalue weighted by atomic mass is 10.3. The number of nitrogens with zero attached hydrogens (tertiary/aromatic N) is 3. The molecule has 0 radical (unpaired) electrons. The molecule has 0 bridgehead atoms. The molecule has 7 nitrogen and oxygen atoms in total. The maximum absolute atomic E-state index is 11.8. The van der Waals surface area contributed by atoms with Crippen molar-refractivity contribution in [2.45, 2.75) is 13.0 Å². The van der Waals surface area contributed by atoms with Gasteiger partial charge in [-0.2, -0.15) is 5.10 Å². The van der Waals surface area contributed by atoms with E-state index < -0.39 is 0 Å². The first-order valence-electron chi connectivity index (χ1n) is 7.25. The van der Waals surface area contributed by atoms with Crippen LogP contribution in [0.1, 0.15) is 6.42 Å². The van der Waals surface area contributed by atoms with E-state index in [-0.39, 0.29) is 18.4 Å². The number of rotatable bonds is 7. The third-order valence-electron chi connectivity index (χ3n) is 3.13. The molecule has 2 aromatic rings. The first-order chi connectivity index (χ1) is 11.0. The van der Waals surface area contributed by atoms with Crippen molar-refractivity contribution >= 4 is 17.5 Å². The van der Waals surface area contributed by atoms with Crippen LogP contribution in [0.4, 0.5) is 5.69 Å². The van der Waals surface area contributed by atoms with Crippen molar-refractivity contribution in [1.82, 2.24) is 14.7 Å². The van der Waals surface area contributed by atoms with E-state index >= 15 is 0 Å². The number of ether oxygens (including phenoxy) is 1. The molecule has 7 heteroatoms. The summed E-state index contributed by atoms with van der Waals surface area (Å²) in [6.07, 6.45) is 3.84. The lowest BCUT2D eigenvalue weighted by molar-refractivity contribution is -0.130. The van der Waals surface area contributed by atoms with Crippen molar-refractivity contribution in [2.24, 2.45) is 0 Å². The Morgan fingerprint density at radius 2 is 2.00 bits per heavy atom. The second kappa shape index (κ2) is 7.98. The minimum absolute atomic E-state index is 0.0113. The first kappa shape index (κ1) is 16.5. The van der Waals surface area contributed by atoms with Gasteiger partial charge in [0.05, 0.1) is 0 Å². The molecule has 1 aromatic heterocycles. The highest BCUT2D eigenvalue weighted by Gasteiger charge is 2.06. The Bertz CT molecular complexity index is 636. The molecule has 0 saturated carbocycles. The predicted octanol–water partition coefficient (Wildman–Crippen LogP) is 1.38. The molecule has 1 aromatic carbocycles. The molecule has 0 aliphatic carbocycles. The van der Waals surface area contributed by atoms with Crippen molar-refractivity contribution < 1.29 is 14.3 Å². The molecule has 2 amide bonds. The third-order valence-corrected chi connectivity index (χ3v) is 3.13. The first-order valence-corrected chi connectivity index (χ1v) is 7.25. The topological polar surface area (TPSA) is 76.5 Å². The monoisotopic (exact) mass is 316 g/mol. The lowest BCUT2D eigenvalue weighted by Crippen LogP contribution is -2.27. The second-order valence-electron chi connectivity index (χ2n) is 5.17. The van der Waals surface area contributed by atoms with Crippen LogP contribution in [-0.4, -0.2) is 47.2 Å². The molecule has 1 N–H and O–H groups in total. The summed E-state index contributed by atoms with van der Waals surface area (Å²) < 4.78 is 7.08. The zero-order valence-electron chi connectivity index (χ0n) is 13.2. The fourth-order valence-electron chi connectivity index (χ4n) is 1.78. The van der Waals surface area contributed by atoms with E-state index in [0.717, 1.165) is 0 Å². The normalized spacial score (nSPS) is 10.2. The third kappa shape index (κ3) is 5.46. The zero-order valence-corrected chi connectivity index (χ0v) is 13.2. The molecular formula is C16H20N4O3. The number of likely N-dealkylation sites (N-methyl/N-ethyl adjacent to an activating group) is 1. The largest absolute Gasteiger partial charge is 0.484 e. The van der Waals surface area contributed by atoms with Crippen molar-refractivity contribution in [2.75, 3.05) is 26.0 Å². The van der Waals surface area contributed by atoms with Gasteiger partial charge in [0.2, 0.25) is 5.91 Å². The fourth-order valence-corrected chi connectivity index (χ4v) is 1.78. The summed E-state index contributed by atoms with van der Waals surface area (Å²) in [6, 6.07) is 8.72. The minimum atomic E-state index is -0.110. The smallest absolute Gasteiger partial charge is 0.259 e. The van der Waals surface area contributed by atoms with Crippen molar-refractivity contribution in [1.29, 1.82) is 0 Å². The predicted molar refractivity (Wildman–Crippen MR) is 86.1 cm³/mol. The average molecular weight is 316 g/mol. The number of benzene rings is 1. The molecular weight excluding hydrogens is 296 g/mol. The second-order valence-corrected chi connectivity index (χ2v) is 5.17. The van der Waals surface area contributed by atoms with Gasteiger partial charge in [-0.15, -0.1) is 0 Å². The van der Waals surface area contributed by atoms with Crippen LogP contribution >= 0.6 is 0 Å². The Morgan fingerprint density at radius 1 is 1.26 bits per heavy atom. The summed E-state index contributed by atoms with van der Waals surface area (Å²) in [7, 11) is 3.35. The van der Waals surface area contributed by atoms with Crippen LogP contribution in [0.25, 0.3) is 0 Å². The Hall–Kier alpha value is -2.83. The Kier molecular flexibility index (Phi) is 5.74. The van der Waals surface area contributed by atoms with Gasteiger partial charge < -0.3 is 15.0 Å². The van der Waals surface area contributed by atoms with Gasteiger partial charge >= 0.3 is 0 Å². The molecule has 0 aliphatic heterocycles. The zero-order chi connectivity index (χ0) is 16.7. The standard InChI is InChI=1S/C16H20N4O3/c1-19(2)16(22)12-23-14-6-4-13(5-7-14)18-15(21)8-11-20-10-3-9-17-20/h3-7,9-10H,8,11-12H2,1-2H3,(H,18,21). The Balaban J connectivity index is 1.77. The van der Waals surface area contributed by atoms with Crippen LogP contribution in [0.5, 0.6) is 5.75 Å². The lowest BCUT2D eigenvalue weighted by Gasteiger charge is -2.11. The van der Waals surface area contributed by atoms with E-state index in [9.17, 15) is 9.59 Å². The van der Waals surface area contributed by atoms with Crippen LogP contribution in [0.3, 0.4) is 0 Å². The number of amides is 2. The SMILES string of the molecule is CN(C)C(=O)COc1ccc(NC(=O)CCn2cccn2)cc1. The molecule has 2 rings (SSSR count). The molecule has 0 spiro atoms. The minimum Gasteiger partial charge on any atom is -0.484 e. The maximum atomic E-state index is 11.8. The van der Waals surface area contributed by atoms with Crippen LogP contribution in [0, 0.1) is 0 Å². The molecule has 0 saturated heterocycles. The Morgan fingerprint density at radius 3 is 2.61 bits per heavy atom. The number of hydrogen-bond donors (Lipinski definition) is 1. The van der Waals surface area contributed by atoms with E-state index in [1.54, 1.807) is 49.2 Å². The van der Waals surface area contributed by atoms with E-state index in [1.165, 1.54) is 4.90 Å². The number of aryl methyl sites for hydroxylation is 1. The van der Waals surface area contributed by atoms with Crippen molar-refractivity contribution in [3.63, 3.8) is 0 Å². The van der Waals surface area contributed by atoms with Gasteiger partial charge in [-0.1, -0.05) is 0 Å². The highest BCUT2D eigenvalue weighted by molar-refractivity contribution is 5.90. The van der Waals surface area contributed by atoms with E-state index in [1.807, 2.05) is 12.3 Å². The molecule has 0 aliphatic rings. The van der Waals surface area contributed by atoms with Gasteiger partial charge in [-0.05, 0) is 30.3 Å². The summed E-state index contributed by atoms with van der Waals surface area (Å²) >= 11 is 0. The van der Waals surface area contributed by atoms with E-state index in [2.05, 4.69) is 10.4 Å². The molecule has 0 fully saturated rings. The van der Waals surface area contributed by atoms with Gasteiger partial charge in [0, 0.05) is 45.1 Å². The van der Waals surface area contributed by atoms with Gasteiger partial charge in [-0.25, -0.2) is 0 Å². The number of hydrogen-bond acceptors (Lipinski definition) is 4. The van der Waals surface area contributed by atoms with Gasteiger partial charge in [0.25, 0.3) is 5.91 Å². The van der Waals surface area contributed by atoms with Crippen LogP contribution < -0.4 is 10.1 Å². The molecule has 0 unspecified atom stereocenters. The van der Waals surface area contributed by atoms with E-state index in [0.29, 0.717) is 24.4 Å². The van der Waals surface area contributed by atoms with E-state index in [4.69, 9.17) is 4.74 Å². The highest BCUT2D eigenvalue weighted by Crippen LogP contribution is 2.16. The summed E-state index contributed by atoms with van der Waals surface area (Å²) in [4.78, 5) is 24.8.